The van der Waals surface area contributed by atoms with Crippen LogP contribution in [0, 0.1) is 29.4 Å². The van der Waals surface area contributed by atoms with Crippen molar-refractivity contribution in [3.8, 4) is 23.0 Å². The number of nitrogens with one attached hydrogen (secondary N) is 3. The van der Waals surface area contributed by atoms with E-state index in [-0.39, 0.29) is 64.0 Å². The Morgan fingerprint density at radius 1 is 1.07 bits per heavy atom. The lowest BCUT2D eigenvalue weighted by molar-refractivity contribution is -0.144. The number of carbonyl (C=O) groups excluding carboxylic acids is 1. The Morgan fingerprint density at radius 3 is 2.44 bits per heavy atom. The number of benzene rings is 2. The molecule has 11 nitrogen and oxygen atoms in total. The third-order valence-electron chi connectivity index (χ3n) is 10.9. The van der Waals surface area contributed by atoms with Crippen LogP contribution in [0.1, 0.15) is 71.5 Å². The lowest BCUT2D eigenvalue weighted by Crippen LogP contribution is -2.36. The van der Waals surface area contributed by atoms with Crippen molar-refractivity contribution in [3.05, 3.63) is 93.0 Å². The van der Waals surface area contributed by atoms with Crippen LogP contribution in [0.25, 0.3) is 22.0 Å². The zero-order valence-corrected chi connectivity index (χ0v) is 32.8. The van der Waals surface area contributed by atoms with E-state index >= 15 is 8.78 Å². The minimum atomic E-state index is -5.07. The number of hydrogen-bond acceptors (Lipinski definition) is 7. The fourth-order valence-electron chi connectivity index (χ4n) is 8.36. The van der Waals surface area contributed by atoms with Gasteiger partial charge in [0.2, 0.25) is 15.9 Å². The quantitative estimate of drug-likeness (QED) is 0.108. The van der Waals surface area contributed by atoms with Gasteiger partial charge in [0.05, 0.1) is 40.0 Å². The third-order valence-corrected chi connectivity index (χ3v) is 11.8. The number of nitrogens with zero attached hydrogens (tertiary/aromatic N) is 5. The van der Waals surface area contributed by atoms with Crippen LogP contribution in [-0.4, -0.2) is 57.7 Å². The number of amides is 1. The van der Waals surface area contributed by atoms with Crippen molar-refractivity contribution in [2.75, 3.05) is 17.5 Å². The second kappa shape index (κ2) is 14.8. The smallest absolute Gasteiger partial charge is 0.346 e. The van der Waals surface area contributed by atoms with E-state index in [0.29, 0.717) is 21.8 Å². The number of fused-ring (bicyclic) bond motifs is 4. The fraction of sp³-hybridized carbons (Fsp3) is 0.385. The highest BCUT2D eigenvalue weighted by molar-refractivity contribution is 7.92. The maximum atomic E-state index is 15.7. The molecule has 0 radical (unpaired) electrons. The Morgan fingerprint density at radius 2 is 1.80 bits per heavy atom. The molecule has 1 saturated carbocycles. The van der Waals surface area contributed by atoms with Crippen molar-refractivity contribution in [1.29, 1.82) is 0 Å². The summed E-state index contributed by atoms with van der Waals surface area (Å²) in [7, 11) is -2.30. The Hall–Kier alpha value is -5.19. The van der Waals surface area contributed by atoms with Crippen molar-refractivity contribution in [3.63, 3.8) is 0 Å². The highest BCUT2D eigenvalue weighted by atomic mass is 35.5. The molecule has 59 heavy (non-hydrogen) atoms. The molecular weight excluding hydrogens is 829 g/mol. The third kappa shape index (κ3) is 7.73. The second-order valence-electron chi connectivity index (χ2n) is 15.0. The van der Waals surface area contributed by atoms with Gasteiger partial charge in [-0.05, 0) is 86.4 Å². The van der Waals surface area contributed by atoms with E-state index in [0.717, 1.165) is 37.8 Å². The highest BCUT2D eigenvalue weighted by Gasteiger charge is 2.63. The average molecular weight is 863 g/mol. The molecule has 4 heterocycles. The molecule has 2 fully saturated rings. The summed E-state index contributed by atoms with van der Waals surface area (Å²) in [6, 6.07) is 7.50. The van der Waals surface area contributed by atoms with Gasteiger partial charge in [-0.25, -0.2) is 22.2 Å². The topological polar surface area (TPSA) is 136 Å². The van der Waals surface area contributed by atoms with Crippen LogP contribution in [0.3, 0.4) is 0 Å². The first-order chi connectivity index (χ1) is 27.8. The predicted octanol–water partition coefficient (Wildman–Crippen LogP) is 6.96. The van der Waals surface area contributed by atoms with Crippen molar-refractivity contribution >= 4 is 44.3 Å². The average Bonchev–Trinajstić information content (AvgIpc) is 3.86. The molecule has 2 aliphatic carbocycles. The molecule has 3 aliphatic rings. The Balaban J connectivity index is 1.27. The summed E-state index contributed by atoms with van der Waals surface area (Å²) in [5.74, 6) is -2.99. The van der Waals surface area contributed by atoms with Gasteiger partial charge in [0.25, 0.3) is 5.92 Å². The molecule has 3 aromatic heterocycles. The molecule has 0 bridgehead atoms. The summed E-state index contributed by atoms with van der Waals surface area (Å²) in [5.41, 5.74) is -1.78. The monoisotopic (exact) mass is 862 g/mol. The number of anilines is 1. The zero-order valence-electron chi connectivity index (χ0n) is 31.2. The van der Waals surface area contributed by atoms with E-state index in [1.54, 1.807) is 18.2 Å². The molecule has 5 aromatic rings. The van der Waals surface area contributed by atoms with Gasteiger partial charge in [-0.1, -0.05) is 23.6 Å². The maximum Gasteiger partial charge on any atom is 0.435 e. The van der Waals surface area contributed by atoms with Crippen molar-refractivity contribution < 1.29 is 43.9 Å². The maximum absolute atomic E-state index is 15.7. The lowest BCUT2D eigenvalue weighted by Gasteiger charge is -2.34. The number of aryl methyl sites for hydroxylation is 1. The summed E-state index contributed by atoms with van der Waals surface area (Å²) >= 11 is 6.60. The number of rotatable bonds is 9. The van der Waals surface area contributed by atoms with Crippen LogP contribution >= 0.6 is 11.6 Å². The number of carbonyl (C=O) groups is 1. The van der Waals surface area contributed by atoms with E-state index in [1.807, 2.05) is 0 Å². The molecule has 20 heteroatoms. The molecule has 310 valence electrons. The summed E-state index contributed by atoms with van der Waals surface area (Å²) in [4.78, 5) is 18.9. The van der Waals surface area contributed by atoms with Crippen LogP contribution in [0.5, 0.6) is 0 Å². The van der Waals surface area contributed by atoms with Gasteiger partial charge >= 0.3 is 6.18 Å². The van der Waals surface area contributed by atoms with Gasteiger partial charge in [-0.15, -0.1) is 0 Å². The summed E-state index contributed by atoms with van der Waals surface area (Å²) < 4.78 is 132. The van der Waals surface area contributed by atoms with E-state index in [4.69, 9.17) is 16.6 Å². The molecule has 1 aliphatic heterocycles. The van der Waals surface area contributed by atoms with Gasteiger partial charge in [0.15, 0.2) is 11.5 Å². The molecule has 0 spiro atoms. The molecule has 2 aromatic carbocycles. The first kappa shape index (κ1) is 40.6. The number of halogens is 8. The van der Waals surface area contributed by atoms with Gasteiger partial charge < -0.3 is 10.6 Å². The first-order valence-corrected chi connectivity index (χ1v) is 20.7. The Kier molecular flexibility index (Phi) is 10.2. The van der Waals surface area contributed by atoms with E-state index in [9.17, 15) is 35.2 Å². The number of sulfonamides is 1. The van der Waals surface area contributed by atoms with E-state index in [2.05, 4.69) is 37.4 Å². The SMILES string of the molecule is Cn1nc(NS(C)(=O)=O)c2c(Cl)ccc(-c3ccc(C#CC4CCCN4)nc3[C@H](Cc3cc(F)cc(F)c3)NC(=O)Cn3nc(C(F)(F)F)c4c3C(F)(F)[C@@H]3CC[C@H]43)c21. The molecule has 1 amide bonds. The minimum Gasteiger partial charge on any atom is -0.346 e. The molecule has 4 atom stereocenters. The van der Waals surface area contributed by atoms with Gasteiger partial charge in [0, 0.05) is 35.7 Å². The number of pyridine rings is 1. The molecule has 1 unspecified atom stereocenters. The molecule has 1 saturated heterocycles. The van der Waals surface area contributed by atoms with Crippen molar-refractivity contribution in [2.24, 2.45) is 13.0 Å². The number of aromatic nitrogens is 5. The largest absolute Gasteiger partial charge is 0.435 e. The van der Waals surface area contributed by atoms with E-state index in [1.165, 1.54) is 17.8 Å². The van der Waals surface area contributed by atoms with Crippen LogP contribution in [0.2, 0.25) is 5.02 Å². The van der Waals surface area contributed by atoms with Gasteiger partial charge in [0.1, 0.15) is 29.6 Å². The van der Waals surface area contributed by atoms with Crippen LogP contribution in [0.15, 0.2) is 42.5 Å². The zero-order chi connectivity index (χ0) is 42.2. The summed E-state index contributed by atoms with van der Waals surface area (Å²) in [6.45, 7) is -0.295. The fourth-order valence-corrected chi connectivity index (χ4v) is 9.10. The minimum absolute atomic E-state index is 0.00698. The number of hydrogen-bond donors (Lipinski definition) is 3. The number of alkyl halides is 5. The summed E-state index contributed by atoms with van der Waals surface area (Å²) in [6.07, 6.45) is -2.68. The standard InChI is InChI=1S/C39H34ClF7N8O3S/c1-54-34-25(10-12-28(40)32(34)37(52-54)53-59(2,57)58)24-8-7-23(6-5-22-4-3-13-48-22)49-33(24)29(16-19-14-20(41)17-21(42)15-19)50-30(56)18-55-36-31(35(51-55)39(45,46)47)26-9-11-27(26)38(36,43)44/h7-8,10,12,14-15,17,22,26-27,29,48H,3-4,9,11,13,16,18H2,1-2H3,(H,50,56)(H,52,53)/t22?,26-,27+,29-/m0/s1. The molecular formula is C39H34ClF7N8O3S. The normalized spacial score (nSPS) is 20.1. The Labute approximate surface area is 337 Å². The van der Waals surface area contributed by atoms with Crippen molar-refractivity contribution in [1.82, 2.24) is 35.2 Å². The first-order valence-electron chi connectivity index (χ1n) is 18.5. The van der Waals surface area contributed by atoms with Gasteiger partial charge in [-0.3, -0.25) is 18.9 Å². The van der Waals surface area contributed by atoms with Crippen molar-refractivity contribution in [2.45, 2.75) is 68.7 Å². The Bertz CT molecular complexity index is 2680. The van der Waals surface area contributed by atoms with Crippen LogP contribution in [0.4, 0.5) is 36.6 Å². The van der Waals surface area contributed by atoms with Gasteiger partial charge in [-0.2, -0.15) is 32.1 Å². The summed E-state index contributed by atoms with van der Waals surface area (Å²) in [5, 5.41) is 14.1. The molecule has 3 N–H and O–H groups in total. The molecule has 8 rings (SSSR count). The highest BCUT2D eigenvalue weighted by Crippen LogP contribution is 2.64. The predicted molar refractivity (Wildman–Crippen MR) is 203 cm³/mol. The lowest BCUT2D eigenvalue weighted by atomic mass is 9.73. The second-order valence-corrected chi connectivity index (χ2v) is 17.1. The van der Waals surface area contributed by atoms with Crippen LogP contribution in [-0.2, 0) is 46.9 Å². The van der Waals surface area contributed by atoms with E-state index < -0.39 is 81.0 Å². The van der Waals surface area contributed by atoms with Crippen LogP contribution < -0.4 is 15.4 Å².